The van der Waals surface area contributed by atoms with Crippen molar-refractivity contribution in [1.82, 2.24) is 9.61 Å². The Morgan fingerprint density at radius 2 is 2.29 bits per heavy atom. The summed E-state index contributed by atoms with van der Waals surface area (Å²) in [6, 6.07) is 3.82. The molecule has 0 saturated heterocycles. The molecule has 0 unspecified atom stereocenters. The minimum atomic E-state index is -0.114. The molecule has 0 radical (unpaired) electrons. The lowest BCUT2D eigenvalue weighted by Crippen LogP contribution is -1.94. The highest BCUT2D eigenvalue weighted by Gasteiger charge is 2.13. The minimum Gasteiger partial charge on any atom is -0.293 e. The van der Waals surface area contributed by atoms with E-state index in [9.17, 15) is 4.79 Å². The van der Waals surface area contributed by atoms with Crippen molar-refractivity contribution in [3.63, 3.8) is 0 Å². The molecule has 4 heteroatoms. The summed E-state index contributed by atoms with van der Waals surface area (Å²) in [6.07, 6.45) is 1.79. The smallest absolute Gasteiger partial charge is 0.181 e. The van der Waals surface area contributed by atoms with Crippen molar-refractivity contribution in [3.05, 3.63) is 34.6 Å². The van der Waals surface area contributed by atoms with Gasteiger partial charge in [0.1, 0.15) is 5.69 Å². The zero-order valence-corrected chi connectivity index (χ0v) is 8.67. The predicted octanol–water partition coefficient (Wildman–Crippen LogP) is 2.50. The largest absolute Gasteiger partial charge is 0.293 e. The molecule has 2 aromatic heterocycles. The van der Waals surface area contributed by atoms with E-state index >= 15 is 0 Å². The number of aryl methyl sites for hydroxylation is 1. The van der Waals surface area contributed by atoms with Gasteiger partial charge in [-0.2, -0.15) is 5.10 Å². The molecule has 0 aliphatic heterocycles. The lowest BCUT2D eigenvalue weighted by molar-refractivity contribution is 0.101. The summed E-state index contributed by atoms with van der Waals surface area (Å²) in [5.41, 5.74) is 2.20. The molecule has 0 aliphatic rings. The Morgan fingerprint density at radius 3 is 2.93 bits per heavy atom. The predicted molar refractivity (Wildman–Crippen MR) is 54.9 cm³/mol. The maximum absolute atomic E-state index is 11.2. The maximum Gasteiger partial charge on any atom is 0.181 e. The van der Waals surface area contributed by atoms with Crippen molar-refractivity contribution in [3.8, 4) is 0 Å². The number of fused-ring (bicyclic) bond motifs is 1. The summed E-state index contributed by atoms with van der Waals surface area (Å²) >= 11 is 6.02. The molecular formula is C10H9ClN2O. The normalized spacial score (nSPS) is 10.8. The van der Waals surface area contributed by atoms with Crippen molar-refractivity contribution < 1.29 is 4.79 Å². The van der Waals surface area contributed by atoms with E-state index in [2.05, 4.69) is 5.10 Å². The highest BCUT2D eigenvalue weighted by molar-refractivity contribution is 6.36. The van der Waals surface area contributed by atoms with Crippen LogP contribution in [0.15, 0.2) is 18.3 Å². The fourth-order valence-corrected chi connectivity index (χ4v) is 1.66. The van der Waals surface area contributed by atoms with Gasteiger partial charge in [-0.05, 0) is 24.6 Å². The second-order valence-electron chi connectivity index (χ2n) is 3.25. The van der Waals surface area contributed by atoms with Gasteiger partial charge in [-0.3, -0.25) is 4.79 Å². The van der Waals surface area contributed by atoms with E-state index in [1.165, 1.54) is 6.92 Å². The SMILES string of the molecule is CC(=O)c1nn2ccc(C)cc2c1Cl. The van der Waals surface area contributed by atoms with E-state index in [1.54, 1.807) is 10.7 Å². The molecule has 2 aromatic rings. The third kappa shape index (κ3) is 1.30. The lowest BCUT2D eigenvalue weighted by atomic mass is 10.2. The Kier molecular flexibility index (Phi) is 2.04. The topological polar surface area (TPSA) is 34.4 Å². The van der Waals surface area contributed by atoms with Crippen molar-refractivity contribution >= 4 is 22.9 Å². The van der Waals surface area contributed by atoms with Crippen molar-refractivity contribution in [2.24, 2.45) is 0 Å². The van der Waals surface area contributed by atoms with E-state index in [0.29, 0.717) is 10.7 Å². The summed E-state index contributed by atoms with van der Waals surface area (Å²) in [5.74, 6) is -0.114. The Hall–Kier alpha value is -1.35. The number of halogens is 1. The second-order valence-corrected chi connectivity index (χ2v) is 3.63. The standard InChI is InChI=1S/C10H9ClN2O/c1-6-3-4-13-8(5-6)9(11)10(12-13)7(2)14/h3-5H,1-2H3. The van der Waals surface area contributed by atoms with Crippen LogP contribution in [0, 0.1) is 6.92 Å². The summed E-state index contributed by atoms with van der Waals surface area (Å²) in [7, 11) is 0. The first-order valence-electron chi connectivity index (χ1n) is 4.25. The molecule has 0 saturated carbocycles. The van der Waals surface area contributed by atoms with Crippen LogP contribution >= 0.6 is 11.6 Å². The number of carbonyl (C=O) groups is 1. The van der Waals surface area contributed by atoms with Gasteiger partial charge in [0.2, 0.25) is 0 Å². The first-order chi connectivity index (χ1) is 6.59. The molecule has 0 bridgehead atoms. The van der Waals surface area contributed by atoms with Gasteiger partial charge in [-0.25, -0.2) is 4.52 Å². The van der Waals surface area contributed by atoms with Crippen LogP contribution in [0.2, 0.25) is 5.02 Å². The molecule has 0 N–H and O–H groups in total. The third-order valence-electron chi connectivity index (χ3n) is 2.06. The average molecular weight is 209 g/mol. The molecule has 0 aliphatic carbocycles. The van der Waals surface area contributed by atoms with Crippen molar-refractivity contribution in [1.29, 1.82) is 0 Å². The number of nitrogens with zero attached hydrogens (tertiary/aromatic N) is 2. The molecule has 72 valence electrons. The van der Waals surface area contributed by atoms with Gasteiger partial charge < -0.3 is 0 Å². The molecular weight excluding hydrogens is 200 g/mol. The zero-order chi connectivity index (χ0) is 10.3. The first-order valence-corrected chi connectivity index (χ1v) is 4.63. The van der Waals surface area contributed by atoms with Crippen LogP contribution in [0.4, 0.5) is 0 Å². The van der Waals surface area contributed by atoms with E-state index in [4.69, 9.17) is 11.6 Å². The van der Waals surface area contributed by atoms with Crippen molar-refractivity contribution in [2.75, 3.05) is 0 Å². The van der Waals surface area contributed by atoms with Crippen LogP contribution in [0.25, 0.3) is 5.52 Å². The Balaban J connectivity index is 2.80. The third-order valence-corrected chi connectivity index (χ3v) is 2.44. The highest BCUT2D eigenvalue weighted by atomic mass is 35.5. The van der Waals surface area contributed by atoms with Crippen LogP contribution in [0.3, 0.4) is 0 Å². The van der Waals surface area contributed by atoms with Gasteiger partial charge in [0, 0.05) is 13.1 Å². The fraction of sp³-hybridized carbons (Fsp3) is 0.200. The van der Waals surface area contributed by atoms with E-state index < -0.39 is 0 Å². The van der Waals surface area contributed by atoms with Crippen LogP contribution in [-0.4, -0.2) is 15.4 Å². The van der Waals surface area contributed by atoms with Gasteiger partial charge in [0.25, 0.3) is 0 Å². The number of rotatable bonds is 1. The van der Waals surface area contributed by atoms with Crippen LogP contribution in [0.1, 0.15) is 23.0 Å². The number of aromatic nitrogens is 2. The summed E-state index contributed by atoms with van der Waals surface area (Å²) < 4.78 is 1.62. The van der Waals surface area contributed by atoms with Crippen molar-refractivity contribution in [2.45, 2.75) is 13.8 Å². The van der Waals surface area contributed by atoms with Crippen LogP contribution < -0.4 is 0 Å². The number of Topliss-reactive ketones (excluding diaryl/α,β-unsaturated/α-hetero) is 1. The number of pyridine rings is 1. The second kappa shape index (κ2) is 3.10. The lowest BCUT2D eigenvalue weighted by Gasteiger charge is -1.93. The van der Waals surface area contributed by atoms with E-state index in [1.807, 2.05) is 19.1 Å². The average Bonchev–Trinajstić information content (AvgIpc) is 2.44. The molecule has 0 amide bonds. The Morgan fingerprint density at radius 1 is 1.57 bits per heavy atom. The van der Waals surface area contributed by atoms with Gasteiger partial charge >= 0.3 is 0 Å². The number of carbonyl (C=O) groups excluding carboxylic acids is 1. The van der Waals surface area contributed by atoms with Crippen LogP contribution in [-0.2, 0) is 0 Å². The van der Waals surface area contributed by atoms with Gasteiger partial charge in [-0.15, -0.1) is 0 Å². The molecule has 2 rings (SSSR count). The Bertz CT molecular complexity index is 516. The molecule has 0 spiro atoms. The molecule has 0 aromatic carbocycles. The molecule has 3 nitrogen and oxygen atoms in total. The first kappa shape index (κ1) is 9.21. The van der Waals surface area contributed by atoms with Crippen LogP contribution in [0.5, 0.6) is 0 Å². The molecule has 0 atom stereocenters. The minimum absolute atomic E-state index is 0.114. The summed E-state index contributed by atoms with van der Waals surface area (Å²) in [5, 5.41) is 4.52. The fourth-order valence-electron chi connectivity index (χ4n) is 1.35. The number of hydrogen-bond acceptors (Lipinski definition) is 2. The monoisotopic (exact) mass is 208 g/mol. The quantitative estimate of drug-likeness (QED) is 0.675. The summed E-state index contributed by atoms with van der Waals surface area (Å²) in [4.78, 5) is 11.2. The van der Waals surface area contributed by atoms with E-state index in [-0.39, 0.29) is 5.78 Å². The maximum atomic E-state index is 11.2. The number of hydrogen-bond donors (Lipinski definition) is 0. The molecule has 0 fully saturated rings. The highest BCUT2D eigenvalue weighted by Crippen LogP contribution is 2.22. The zero-order valence-electron chi connectivity index (χ0n) is 7.91. The number of ketones is 1. The Labute approximate surface area is 86.3 Å². The van der Waals surface area contributed by atoms with Gasteiger partial charge in [0.15, 0.2) is 5.78 Å². The van der Waals surface area contributed by atoms with Gasteiger partial charge in [0.05, 0.1) is 10.5 Å². The van der Waals surface area contributed by atoms with E-state index in [0.717, 1.165) is 11.1 Å². The summed E-state index contributed by atoms with van der Waals surface area (Å²) in [6.45, 7) is 3.43. The van der Waals surface area contributed by atoms with Gasteiger partial charge in [-0.1, -0.05) is 11.6 Å². The molecule has 14 heavy (non-hydrogen) atoms. The molecule has 2 heterocycles.